The maximum absolute atomic E-state index is 12.8. The van der Waals surface area contributed by atoms with Crippen molar-refractivity contribution in [2.75, 3.05) is 18.1 Å². The van der Waals surface area contributed by atoms with Crippen molar-refractivity contribution in [3.05, 3.63) is 52.2 Å². The third-order valence-electron chi connectivity index (χ3n) is 4.57. The third kappa shape index (κ3) is 4.86. The Hall–Kier alpha value is -1.86. The fourth-order valence-electron chi connectivity index (χ4n) is 3.06. The summed E-state index contributed by atoms with van der Waals surface area (Å²) in [6.45, 7) is 2.42. The molecule has 0 spiro atoms. The molecule has 0 radical (unpaired) electrons. The SMILES string of the molecule is CCc1ccc(OCC(=O)N(Cc2cccs2)[C@H]2CCS(=O)(=O)C2)cc1. The largest absolute Gasteiger partial charge is 0.484 e. The van der Waals surface area contributed by atoms with Crippen molar-refractivity contribution in [3.63, 3.8) is 0 Å². The summed E-state index contributed by atoms with van der Waals surface area (Å²) in [4.78, 5) is 15.5. The minimum atomic E-state index is -3.06. The molecule has 1 saturated heterocycles. The zero-order valence-electron chi connectivity index (χ0n) is 14.8. The first kappa shape index (κ1) is 18.9. The van der Waals surface area contributed by atoms with E-state index in [4.69, 9.17) is 4.74 Å². The van der Waals surface area contributed by atoms with Crippen LogP contribution in [-0.2, 0) is 27.6 Å². The third-order valence-corrected chi connectivity index (χ3v) is 7.18. The number of thiophene rings is 1. The lowest BCUT2D eigenvalue weighted by atomic mass is 10.2. The van der Waals surface area contributed by atoms with Gasteiger partial charge in [-0.3, -0.25) is 4.79 Å². The Morgan fingerprint density at radius 3 is 2.62 bits per heavy atom. The summed E-state index contributed by atoms with van der Waals surface area (Å²) in [6.07, 6.45) is 1.44. The molecule has 2 heterocycles. The van der Waals surface area contributed by atoms with E-state index < -0.39 is 9.84 Å². The molecule has 5 nitrogen and oxygen atoms in total. The number of benzene rings is 1. The number of ether oxygens (including phenoxy) is 1. The molecule has 26 heavy (non-hydrogen) atoms. The fourth-order valence-corrected chi connectivity index (χ4v) is 5.50. The van der Waals surface area contributed by atoms with Crippen LogP contribution >= 0.6 is 11.3 Å². The molecule has 7 heteroatoms. The van der Waals surface area contributed by atoms with Gasteiger partial charge in [-0.05, 0) is 42.0 Å². The first-order chi connectivity index (χ1) is 12.5. The number of aryl methyl sites for hydroxylation is 1. The predicted molar refractivity (Wildman–Crippen MR) is 103 cm³/mol. The summed E-state index contributed by atoms with van der Waals surface area (Å²) in [7, 11) is -3.06. The van der Waals surface area contributed by atoms with Crippen molar-refractivity contribution in [2.24, 2.45) is 0 Å². The molecule has 1 aliphatic heterocycles. The second-order valence-electron chi connectivity index (χ2n) is 6.44. The highest BCUT2D eigenvalue weighted by Gasteiger charge is 2.34. The normalized spacial score (nSPS) is 18.6. The van der Waals surface area contributed by atoms with Crippen LogP contribution in [0.15, 0.2) is 41.8 Å². The van der Waals surface area contributed by atoms with Gasteiger partial charge in [-0.2, -0.15) is 0 Å². The zero-order valence-corrected chi connectivity index (χ0v) is 16.4. The van der Waals surface area contributed by atoms with Gasteiger partial charge in [0.2, 0.25) is 0 Å². The Morgan fingerprint density at radius 2 is 2.04 bits per heavy atom. The van der Waals surface area contributed by atoms with Gasteiger partial charge in [0, 0.05) is 10.9 Å². The topological polar surface area (TPSA) is 63.7 Å². The van der Waals surface area contributed by atoms with Crippen molar-refractivity contribution in [1.29, 1.82) is 0 Å². The van der Waals surface area contributed by atoms with Gasteiger partial charge in [0.15, 0.2) is 16.4 Å². The van der Waals surface area contributed by atoms with Crippen LogP contribution < -0.4 is 4.74 Å². The number of sulfone groups is 1. The Labute approximate surface area is 158 Å². The monoisotopic (exact) mass is 393 g/mol. The Morgan fingerprint density at radius 1 is 1.27 bits per heavy atom. The second-order valence-corrected chi connectivity index (χ2v) is 9.71. The lowest BCUT2D eigenvalue weighted by molar-refractivity contribution is -0.135. The zero-order chi connectivity index (χ0) is 18.6. The minimum absolute atomic E-state index is 0.0370. The smallest absolute Gasteiger partial charge is 0.261 e. The summed E-state index contributed by atoms with van der Waals surface area (Å²) >= 11 is 1.56. The van der Waals surface area contributed by atoms with Crippen LogP contribution in [0.5, 0.6) is 5.75 Å². The number of amides is 1. The van der Waals surface area contributed by atoms with E-state index in [1.807, 2.05) is 41.8 Å². The van der Waals surface area contributed by atoms with Crippen LogP contribution in [0.1, 0.15) is 23.8 Å². The van der Waals surface area contributed by atoms with E-state index in [-0.39, 0.29) is 30.1 Å². The molecule has 0 N–H and O–H groups in total. The van der Waals surface area contributed by atoms with Crippen molar-refractivity contribution >= 4 is 27.1 Å². The highest BCUT2D eigenvalue weighted by Crippen LogP contribution is 2.22. The van der Waals surface area contributed by atoms with Gasteiger partial charge >= 0.3 is 0 Å². The molecule has 3 rings (SSSR count). The van der Waals surface area contributed by atoms with Crippen molar-refractivity contribution in [1.82, 2.24) is 4.90 Å². The number of carbonyl (C=O) groups is 1. The Balaban J connectivity index is 1.67. The van der Waals surface area contributed by atoms with Gasteiger partial charge in [-0.15, -0.1) is 11.3 Å². The minimum Gasteiger partial charge on any atom is -0.484 e. The molecular weight excluding hydrogens is 370 g/mol. The van der Waals surface area contributed by atoms with Crippen molar-refractivity contribution in [3.8, 4) is 5.75 Å². The van der Waals surface area contributed by atoms with Crippen LogP contribution in [0.2, 0.25) is 0 Å². The van der Waals surface area contributed by atoms with Gasteiger partial charge in [0.25, 0.3) is 5.91 Å². The summed E-state index contributed by atoms with van der Waals surface area (Å²) in [6, 6.07) is 11.3. The number of nitrogens with zero attached hydrogens (tertiary/aromatic N) is 1. The lowest BCUT2D eigenvalue weighted by Crippen LogP contribution is -2.42. The molecule has 1 fully saturated rings. The predicted octanol–water partition coefficient (Wildman–Crippen LogP) is 2.91. The molecule has 1 atom stereocenters. The van der Waals surface area contributed by atoms with E-state index in [0.29, 0.717) is 18.7 Å². The van der Waals surface area contributed by atoms with E-state index >= 15 is 0 Å². The molecule has 1 aliphatic rings. The number of hydrogen-bond donors (Lipinski definition) is 0. The van der Waals surface area contributed by atoms with E-state index in [1.54, 1.807) is 16.2 Å². The highest BCUT2D eigenvalue weighted by molar-refractivity contribution is 7.91. The first-order valence-corrected chi connectivity index (χ1v) is 11.4. The average molecular weight is 394 g/mol. The molecular formula is C19H23NO4S2. The van der Waals surface area contributed by atoms with Crippen LogP contribution in [0.3, 0.4) is 0 Å². The molecule has 2 aromatic rings. The first-order valence-electron chi connectivity index (χ1n) is 8.71. The molecule has 140 valence electrons. The lowest BCUT2D eigenvalue weighted by Gasteiger charge is -2.28. The number of hydrogen-bond acceptors (Lipinski definition) is 5. The van der Waals surface area contributed by atoms with Gasteiger partial charge < -0.3 is 9.64 Å². The average Bonchev–Trinajstić information content (AvgIpc) is 3.27. The molecule has 0 unspecified atom stereocenters. The van der Waals surface area contributed by atoms with Gasteiger partial charge in [0.05, 0.1) is 18.1 Å². The number of rotatable bonds is 7. The summed E-state index contributed by atoms with van der Waals surface area (Å²) in [5, 5.41) is 1.95. The van der Waals surface area contributed by atoms with Crippen LogP contribution in [-0.4, -0.2) is 43.4 Å². The molecule has 1 aromatic heterocycles. The second kappa shape index (κ2) is 8.22. The number of carbonyl (C=O) groups excluding carboxylic acids is 1. The maximum atomic E-state index is 12.8. The van der Waals surface area contributed by atoms with E-state index in [0.717, 1.165) is 11.3 Å². The van der Waals surface area contributed by atoms with Crippen molar-refractivity contribution < 1.29 is 17.9 Å². The highest BCUT2D eigenvalue weighted by atomic mass is 32.2. The molecule has 0 bridgehead atoms. The van der Waals surface area contributed by atoms with Gasteiger partial charge in [0.1, 0.15) is 5.75 Å². The summed E-state index contributed by atoms with van der Waals surface area (Å²) < 4.78 is 29.3. The molecule has 0 aliphatic carbocycles. The Bertz CT molecular complexity index is 829. The van der Waals surface area contributed by atoms with Crippen LogP contribution in [0.4, 0.5) is 0 Å². The maximum Gasteiger partial charge on any atom is 0.261 e. The summed E-state index contributed by atoms with van der Waals surface area (Å²) in [5.74, 6) is 0.645. The Kier molecular flexibility index (Phi) is 5.98. The van der Waals surface area contributed by atoms with E-state index in [1.165, 1.54) is 5.56 Å². The summed E-state index contributed by atoms with van der Waals surface area (Å²) in [5.41, 5.74) is 1.21. The van der Waals surface area contributed by atoms with E-state index in [2.05, 4.69) is 6.92 Å². The quantitative estimate of drug-likeness (QED) is 0.726. The van der Waals surface area contributed by atoms with Gasteiger partial charge in [-0.1, -0.05) is 25.1 Å². The molecule has 0 saturated carbocycles. The van der Waals surface area contributed by atoms with Crippen LogP contribution in [0.25, 0.3) is 0 Å². The molecule has 1 amide bonds. The van der Waals surface area contributed by atoms with E-state index in [9.17, 15) is 13.2 Å². The standard InChI is InChI=1S/C19H23NO4S2/c1-2-15-5-7-17(8-6-15)24-13-19(21)20(12-18-4-3-10-25-18)16-9-11-26(22,23)14-16/h3-8,10,16H,2,9,11-14H2,1H3/t16-/m0/s1. The van der Waals surface area contributed by atoms with Crippen molar-refractivity contribution in [2.45, 2.75) is 32.4 Å². The van der Waals surface area contributed by atoms with Gasteiger partial charge in [-0.25, -0.2) is 8.42 Å². The van der Waals surface area contributed by atoms with Crippen LogP contribution in [0, 0.1) is 0 Å². The fraction of sp³-hybridized carbons (Fsp3) is 0.421. The molecule has 1 aromatic carbocycles.